The molecule has 3 aromatic rings. The predicted molar refractivity (Wildman–Crippen MR) is 157 cm³/mol. The lowest BCUT2D eigenvalue weighted by Gasteiger charge is -2.23. The van der Waals surface area contributed by atoms with E-state index in [4.69, 9.17) is 14.6 Å². The molecule has 1 fully saturated rings. The fourth-order valence-electron chi connectivity index (χ4n) is 4.73. The topological polar surface area (TPSA) is 129 Å². The van der Waals surface area contributed by atoms with Gasteiger partial charge in [-0.15, -0.1) is 13.2 Å². The van der Waals surface area contributed by atoms with Crippen molar-refractivity contribution in [1.82, 2.24) is 20.1 Å². The molecular weight excluding hydrogens is 581 g/mol. The summed E-state index contributed by atoms with van der Waals surface area (Å²) in [6.45, 7) is 9.44. The van der Waals surface area contributed by atoms with Crippen molar-refractivity contribution in [2.45, 2.75) is 90.5 Å². The number of nitrogens with zero attached hydrogens (tertiary/aromatic N) is 3. The standard InChI is InChI=1S/C30H37F3N6O5/c1-18(2)34-28(41)43-21-12-11-20(15-21)23-16-25(39(38-23)29(3,4)5)36-24-14-13-22(26(37-24)44-30(31,32)33)35-27(40)42-17-19-9-7-6-8-10-19/h6-10,13-14,16,18,20-21H,11-12,15,17H2,1-5H3,(H,34,41)(H,35,40)(H,36,37)/t20-,21+/m0/s1. The van der Waals surface area contributed by atoms with Crippen LogP contribution in [-0.2, 0) is 21.6 Å². The van der Waals surface area contributed by atoms with Gasteiger partial charge in [0.1, 0.15) is 30.0 Å². The van der Waals surface area contributed by atoms with Gasteiger partial charge in [0.05, 0.1) is 11.2 Å². The molecule has 0 bridgehead atoms. The van der Waals surface area contributed by atoms with E-state index in [-0.39, 0.29) is 36.2 Å². The first-order valence-corrected chi connectivity index (χ1v) is 14.3. The van der Waals surface area contributed by atoms with Gasteiger partial charge >= 0.3 is 18.5 Å². The lowest BCUT2D eigenvalue weighted by atomic mass is 10.0. The van der Waals surface area contributed by atoms with E-state index in [9.17, 15) is 22.8 Å². The minimum absolute atomic E-state index is 0.0153. The van der Waals surface area contributed by atoms with Crippen LogP contribution in [0.5, 0.6) is 5.88 Å². The van der Waals surface area contributed by atoms with Crippen LogP contribution in [0.2, 0.25) is 0 Å². The number of halogens is 3. The average Bonchev–Trinajstić information content (AvgIpc) is 3.55. The van der Waals surface area contributed by atoms with Crippen molar-refractivity contribution in [1.29, 1.82) is 0 Å². The third-order valence-corrected chi connectivity index (χ3v) is 6.62. The maximum atomic E-state index is 13.3. The van der Waals surface area contributed by atoms with Crippen molar-refractivity contribution in [3.8, 4) is 5.88 Å². The van der Waals surface area contributed by atoms with Crippen molar-refractivity contribution in [3.05, 3.63) is 59.8 Å². The monoisotopic (exact) mass is 618 g/mol. The molecule has 2 heterocycles. The number of rotatable bonds is 9. The molecule has 1 aromatic carbocycles. The molecular formula is C30H37F3N6O5. The summed E-state index contributed by atoms with van der Waals surface area (Å²) in [5.41, 5.74) is 0.638. The average molecular weight is 619 g/mol. The zero-order chi connectivity index (χ0) is 32.1. The summed E-state index contributed by atoms with van der Waals surface area (Å²) >= 11 is 0. The quantitative estimate of drug-likeness (QED) is 0.230. The van der Waals surface area contributed by atoms with Gasteiger partial charge in [-0.3, -0.25) is 5.32 Å². The van der Waals surface area contributed by atoms with Crippen LogP contribution in [0.4, 0.5) is 40.1 Å². The summed E-state index contributed by atoms with van der Waals surface area (Å²) in [5, 5.41) is 12.8. The smallest absolute Gasteiger partial charge is 0.446 e. The third kappa shape index (κ3) is 9.25. The molecule has 238 valence electrons. The Labute approximate surface area is 253 Å². The minimum Gasteiger partial charge on any atom is -0.446 e. The van der Waals surface area contributed by atoms with Gasteiger partial charge in [0.25, 0.3) is 0 Å². The van der Waals surface area contributed by atoms with Gasteiger partial charge in [-0.25, -0.2) is 14.3 Å². The number of benzene rings is 1. The van der Waals surface area contributed by atoms with Crippen LogP contribution in [0.25, 0.3) is 0 Å². The number of alkyl halides is 3. The fraction of sp³-hybridized carbons (Fsp3) is 0.467. The molecule has 0 saturated heterocycles. The molecule has 1 aliphatic carbocycles. The normalized spacial score (nSPS) is 16.8. The van der Waals surface area contributed by atoms with Crippen LogP contribution >= 0.6 is 0 Å². The number of nitrogens with one attached hydrogen (secondary N) is 3. The Hall–Kier alpha value is -4.49. The molecule has 2 amide bonds. The molecule has 4 rings (SSSR count). The van der Waals surface area contributed by atoms with Gasteiger partial charge in [-0.05, 0) is 71.6 Å². The lowest BCUT2D eigenvalue weighted by molar-refractivity contribution is -0.275. The molecule has 0 spiro atoms. The molecule has 2 aromatic heterocycles. The highest BCUT2D eigenvalue weighted by atomic mass is 19.4. The number of hydrogen-bond donors (Lipinski definition) is 3. The van der Waals surface area contributed by atoms with Gasteiger partial charge in [0.2, 0.25) is 5.88 Å². The van der Waals surface area contributed by atoms with E-state index in [1.807, 2.05) is 40.7 Å². The van der Waals surface area contributed by atoms with Gasteiger partial charge in [-0.2, -0.15) is 10.1 Å². The second-order valence-corrected chi connectivity index (χ2v) is 11.8. The lowest BCUT2D eigenvalue weighted by Crippen LogP contribution is -2.33. The van der Waals surface area contributed by atoms with Crippen LogP contribution in [0.1, 0.15) is 71.1 Å². The van der Waals surface area contributed by atoms with Crippen molar-refractivity contribution in [2.24, 2.45) is 0 Å². The molecule has 14 heteroatoms. The Morgan fingerprint density at radius 3 is 2.43 bits per heavy atom. The summed E-state index contributed by atoms with van der Waals surface area (Å²) in [7, 11) is 0. The van der Waals surface area contributed by atoms with E-state index in [2.05, 4.69) is 25.7 Å². The molecule has 2 atom stereocenters. The van der Waals surface area contributed by atoms with E-state index >= 15 is 0 Å². The molecule has 1 saturated carbocycles. The summed E-state index contributed by atoms with van der Waals surface area (Å²) in [6, 6.07) is 13.2. The zero-order valence-electron chi connectivity index (χ0n) is 25.2. The van der Waals surface area contributed by atoms with E-state index < -0.39 is 30.0 Å². The Kier molecular flexibility index (Phi) is 9.90. The SMILES string of the molecule is CC(C)NC(=O)O[C@@H]1CC[C@H](c2cc(Nc3ccc(NC(=O)OCc4ccccc4)c(OC(F)(F)F)n3)n(C(C)(C)C)n2)C1. The highest BCUT2D eigenvalue weighted by molar-refractivity contribution is 5.86. The Balaban J connectivity index is 1.51. The first-order chi connectivity index (χ1) is 20.7. The molecule has 44 heavy (non-hydrogen) atoms. The van der Waals surface area contributed by atoms with Crippen molar-refractivity contribution in [3.63, 3.8) is 0 Å². The second kappa shape index (κ2) is 13.4. The summed E-state index contributed by atoms with van der Waals surface area (Å²) < 4.78 is 56.4. The van der Waals surface area contributed by atoms with Crippen LogP contribution in [0.15, 0.2) is 48.5 Å². The molecule has 0 unspecified atom stereocenters. The van der Waals surface area contributed by atoms with Gasteiger partial charge in [0.15, 0.2) is 0 Å². The van der Waals surface area contributed by atoms with Crippen molar-refractivity contribution in [2.75, 3.05) is 10.6 Å². The maximum absolute atomic E-state index is 13.3. The van der Waals surface area contributed by atoms with Crippen LogP contribution in [-0.4, -0.2) is 45.5 Å². The molecule has 1 aliphatic rings. The number of anilines is 3. The Morgan fingerprint density at radius 1 is 1.05 bits per heavy atom. The van der Waals surface area contributed by atoms with E-state index in [1.165, 1.54) is 12.1 Å². The minimum atomic E-state index is -5.07. The second-order valence-electron chi connectivity index (χ2n) is 11.8. The number of carbonyl (C=O) groups is 2. The van der Waals surface area contributed by atoms with Gasteiger partial charge in [0, 0.05) is 18.0 Å². The number of hydrogen-bond acceptors (Lipinski definition) is 8. The van der Waals surface area contributed by atoms with Crippen molar-refractivity contribution < 1.29 is 37.0 Å². The summed E-state index contributed by atoms with van der Waals surface area (Å²) in [5.74, 6) is -0.330. The van der Waals surface area contributed by atoms with Crippen LogP contribution in [0.3, 0.4) is 0 Å². The van der Waals surface area contributed by atoms with Gasteiger partial charge in [-0.1, -0.05) is 30.3 Å². The highest BCUT2D eigenvalue weighted by Gasteiger charge is 2.34. The number of alkyl carbamates (subject to hydrolysis) is 1. The first-order valence-electron chi connectivity index (χ1n) is 14.3. The summed E-state index contributed by atoms with van der Waals surface area (Å²) in [6.07, 6.45) is -4.72. The number of aromatic nitrogens is 3. The Bertz CT molecular complexity index is 1440. The number of carbonyl (C=O) groups excluding carboxylic acids is 2. The van der Waals surface area contributed by atoms with Crippen LogP contribution < -0.4 is 20.7 Å². The zero-order valence-corrected chi connectivity index (χ0v) is 25.2. The van der Waals surface area contributed by atoms with E-state index in [0.29, 0.717) is 24.2 Å². The third-order valence-electron chi connectivity index (χ3n) is 6.62. The van der Waals surface area contributed by atoms with Crippen molar-refractivity contribution >= 4 is 29.5 Å². The number of amides is 2. The molecule has 0 aliphatic heterocycles. The van der Waals surface area contributed by atoms with Crippen LogP contribution in [0, 0.1) is 0 Å². The first kappa shape index (κ1) is 32.4. The predicted octanol–water partition coefficient (Wildman–Crippen LogP) is 7.19. The van der Waals surface area contributed by atoms with E-state index in [0.717, 1.165) is 12.1 Å². The molecule has 11 nitrogen and oxygen atoms in total. The number of ether oxygens (including phenoxy) is 3. The summed E-state index contributed by atoms with van der Waals surface area (Å²) in [4.78, 5) is 28.4. The Morgan fingerprint density at radius 2 is 1.77 bits per heavy atom. The maximum Gasteiger partial charge on any atom is 0.574 e. The fourth-order valence-corrected chi connectivity index (χ4v) is 4.73. The van der Waals surface area contributed by atoms with E-state index in [1.54, 1.807) is 35.0 Å². The largest absolute Gasteiger partial charge is 0.574 e. The molecule has 3 N–H and O–H groups in total. The number of pyridine rings is 1. The molecule has 0 radical (unpaired) electrons. The van der Waals surface area contributed by atoms with Gasteiger partial charge < -0.3 is 24.8 Å². The highest BCUT2D eigenvalue weighted by Crippen LogP contribution is 2.38.